The Morgan fingerprint density at radius 2 is 1.11 bits per heavy atom. The van der Waals surface area contributed by atoms with E-state index in [1.165, 1.54) is 103 Å². The summed E-state index contributed by atoms with van der Waals surface area (Å²) in [6, 6.07) is 0. The number of hydrogen-bond acceptors (Lipinski definition) is 2. The Morgan fingerprint density at radius 1 is 0.704 bits per heavy atom. The van der Waals surface area contributed by atoms with Crippen LogP contribution in [0.2, 0.25) is 0 Å². The van der Waals surface area contributed by atoms with Crippen molar-refractivity contribution in [2.24, 2.45) is 0 Å². The van der Waals surface area contributed by atoms with Gasteiger partial charge in [-0.1, -0.05) is 128 Å². The molecule has 0 aromatic heterocycles. The molecule has 1 unspecified atom stereocenters. The standard InChI is InChI=1S/C25H46O2/c1-2-3-4-5-6-7-8-9-10-11-12-13-14-15-16-17-18-21-25(27)22-19-20-24(26)23-25/h19-20,22,26-27H,2-18,21,23H2,1H3. The van der Waals surface area contributed by atoms with Gasteiger partial charge in [0, 0.05) is 6.42 Å². The Morgan fingerprint density at radius 3 is 1.52 bits per heavy atom. The fraction of sp³-hybridized carbons (Fsp3) is 0.840. The van der Waals surface area contributed by atoms with Crippen LogP contribution in [0.15, 0.2) is 24.0 Å². The van der Waals surface area contributed by atoms with Gasteiger partial charge in [-0.15, -0.1) is 0 Å². The lowest BCUT2D eigenvalue weighted by Crippen LogP contribution is -2.27. The Kier molecular flexibility index (Phi) is 14.6. The predicted molar refractivity (Wildman–Crippen MR) is 118 cm³/mol. The second-order valence-electron chi connectivity index (χ2n) is 8.70. The normalized spacial score (nSPS) is 19.4. The van der Waals surface area contributed by atoms with Gasteiger partial charge in [0.15, 0.2) is 0 Å². The summed E-state index contributed by atoms with van der Waals surface area (Å²) in [5.74, 6) is 0.298. The number of unbranched alkanes of at least 4 members (excludes halogenated alkanes) is 16. The van der Waals surface area contributed by atoms with E-state index in [0.29, 0.717) is 12.2 Å². The SMILES string of the molecule is CCCCCCCCCCCCCCCCCCCC1(O)C=CC=C(O)C1. The van der Waals surface area contributed by atoms with Crippen molar-refractivity contribution in [3.8, 4) is 0 Å². The Balaban J connectivity index is 1.76. The third kappa shape index (κ3) is 14.0. The molecule has 1 aliphatic rings. The number of aliphatic hydroxyl groups is 2. The largest absolute Gasteiger partial charge is 0.512 e. The minimum Gasteiger partial charge on any atom is -0.512 e. The van der Waals surface area contributed by atoms with Gasteiger partial charge in [-0.05, 0) is 12.5 Å². The summed E-state index contributed by atoms with van der Waals surface area (Å²) in [6.45, 7) is 2.28. The van der Waals surface area contributed by atoms with E-state index in [-0.39, 0.29) is 0 Å². The van der Waals surface area contributed by atoms with Gasteiger partial charge in [0.25, 0.3) is 0 Å². The van der Waals surface area contributed by atoms with Crippen LogP contribution in [0.5, 0.6) is 0 Å². The van der Waals surface area contributed by atoms with E-state index >= 15 is 0 Å². The van der Waals surface area contributed by atoms with Crippen LogP contribution >= 0.6 is 0 Å². The van der Waals surface area contributed by atoms with Crippen molar-refractivity contribution < 1.29 is 10.2 Å². The van der Waals surface area contributed by atoms with Crippen LogP contribution < -0.4 is 0 Å². The quantitative estimate of drug-likeness (QED) is 0.236. The maximum atomic E-state index is 10.4. The Hall–Kier alpha value is -0.760. The minimum absolute atomic E-state index is 0.298. The van der Waals surface area contributed by atoms with Crippen LogP contribution in [0.4, 0.5) is 0 Å². The van der Waals surface area contributed by atoms with Crippen LogP contribution in [0.25, 0.3) is 0 Å². The van der Waals surface area contributed by atoms with Crippen molar-refractivity contribution in [2.75, 3.05) is 0 Å². The molecule has 2 nitrogen and oxygen atoms in total. The Bertz CT molecular complexity index is 399. The fourth-order valence-electron chi connectivity index (χ4n) is 4.10. The second-order valence-corrected chi connectivity index (χ2v) is 8.70. The van der Waals surface area contributed by atoms with Crippen LogP contribution in [-0.2, 0) is 0 Å². The first-order chi connectivity index (χ1) is 13.2. The molecule has 0 bridgehead atoms. The molecular weight excluding hydrogens is 332 g/mol. The predicted octanol–water partition coefficient (Wildman–Crippen LogP) is 8.16. The number of aliphatic hydroxyl groups excluding tert-OH is 1. The van der Waals surface area contributed by atoms with Crippen molar-refractivity contribution in [2.45, 2.75) is 135 Å². The summed E-state index contributed by atoms with van der Waals surface area (Å²) >= 11 is 0. The maximum Gasteiger partial charge on any atom is 0.0954 e. The molecular formula is C25H46O2. The lowest BCUT2D eigenvalue weighted by molar-refractivity contribution is 0.0655. The van der Waals surface area contributed by atoms with E-state index in [1.807, 2.05) is 6.08 Å². The van der Waals surface area contributed by atoms with Crippen LogP contribution in [0.1, 0.15) is 129 Å². The van der Waals surface area contributed by atoms with Gasteiger partial charge in [-0.25, -0.2) is 0 Å². The van der Waals surface area contributed by atoms with Crippen molar-refractivity contribution in [3.63, 3.8) is 0 Å². The van der Waals surface area contributed by atoms with Crippen LogP contribution in [0, 0.1) is 0 Å². The first-order valence-corrected chi connectivity index (χ1v) is 12.0. The van der Waals surface area contributed by atoms with Crippen molar-refractivity contribution in [1.29, 1.82) is 0 Å². The Labute approximate surface area is 169 Å². The van der Waals surface area contributed by atoms with Gasteiger partial charge >= 0.3 is 0 Å². The highest BCUT2D eigenvalue weighted by Crippen LogP contribution is 2.27. The molecule has 2 N–H and O–H groups in total. The van der Waals surface area contributed by atoms with Gasteiger partial charge < -0.3 is 10.2 Å². The monoisotopic (exact) mass is 378 g/mol. The van der Waals surface area contributed by atoms with Crippen molar-refractivity contribution in [1.82, 2.24) is 0 Å². The zero-order valence-corrected chi connectivity index (χ0v) is 18.1. The highest BCUT2D eigenvalue weighted by atomic mass is 16.3. The number of hydrogen-bond donors (Lipinski definition) is 2. The number of allylic oxidation sites excluding steroid dienone is 2. The van der Waals surface area contributed by atoms with E-state index in [0.717, 1.165) is 12.8 Å². The maximum absolute atomic E-state index is 10.4. The third-order valence-corrected chi connectivity index (χ3v) is 5.90. The fourth-order valence-corrected chi connectivity index (χ4v) is 4.10. The van der Waals surface area contributed by atoms with Gasteiger partial charge in [0.05, 0.1) is 11.4 Å². The first kappa shape index (κ1) is 24.3. The van der Waals surface area contributed by atoms with Gasteiger partial charge in [-0.3, -0.25) is 0 Å². The summed E-state index contributed by atoms with van der Waals surface area (Å²) < 4.78 is 0. The van der Waals surface area contributed by atoms with E-state index in [1.54, 1.807) is 12.2 Å². The molecule has 158 valence electrons. The average molecular weight is 379 g/mol. The summed E-state index contributed by atoms with van der Waals surface area (Å²) in [5, 5.41) is 19.9. The van der Waals surface area contributed by atoms with Gasteiger partial charge in [0.2, 0.25) is 0 Å². The van der Waals surface area contributed by atoms with Gasteiger partial charge in [-0.2, -0.15) is 0 Å². The molecule has 0 amide bonds. The highest BCUT2D eigenvalue weighted by molar-refractivity contribution is 5.21. The van der Waals surface area contributed by atoms with Gasteiger partial charge in [0.1, 0.15) is 0 Å². The molecule has 0 spiro atoms. The lowest BCUT2D eigenvalue weighted by atomic mass is 9.88. The molecule has 0 aromatic carbocycles. The van der Waals surface area contributed by atoms with E-state index in [4.69, 9.17) is 0 Å². The molecule has 0 saturated heterocycles. The van der Waals surface area contributed by atoms with Crippen molar-refractivity contribution in [3.05, 3.63) is 24.0 Å². The second kappa shape index (κ2) is 16.2. The van der Waals surface area contributed by atoms with E-state index in [9.17, 15) is 10.2 Å². The van der Waals surface area contributed by atoms with E-state index in [2.05, 4.69) is 6.92 Å². The summed E-state index contributed by atoms with van der Waals surface area (Å²) in [7, 11) is 0. The zero-order valence-electron chi connectivity index (χ0n) is 18.1. The van der Waals surface area contributed by atoms with E-state index < -0.39 is 5.60 Å². The summed E-state index contributed by atoms with van der Waals surface area (Å²) in [6.07, 6.45) is 29.7. The molecule has 27 heavy (non-hydrogen) atoms. The molecule has 0 saturated carbocycles. The number of rotatable bonds is 18. The summed E-state index contributed by atoms with van der Waals surface area (Å²) in [4.78, 5) is 0. The zero-order chi connectivity index (χ0) is 19.6. The first-order valence-electron chi connectivity index (χ1n) is 12.0. The summed E-state index contributed by atoms with van der Waals surface area (Å²) in [5.41, 5.74) is -0.811. The highest BCUT2D eigenvalue weighted by Gasteiger charge is 2.26. The molecule has 0 heterocycles. The van der Waals surface area contributed by atoms with Crippen LogP contribution in [0.3, 0.4) is 0 Å². The molecule has 1 rings (SSSR count). The van der Waals surface area contributed by atoms with Crippen LogP contribution in [-0.4, -0.2) is 15.8 Å². The minimum atomic E-state index is -0.811. The lowest BCUT2D eigenvalue weighted by Gasteiger charge is -2.26. The molecule has 2 heteroatoms. The molecule has 0 aromatic rings. The molecule has 1 aliphatic carbocycles. The molecule has 0 aliphatic heterocycles. The third-order valence-electron chi connectivity index (χ3n) is 5.90. The topological polar surface area (TPSA) is 40.5 Å². The molecule has 0 radical (unpaired) electrons. The smallest absolute Gasteiger partial charge is 0.0954 e. The van der Waals surface area contributed by atoms with Crippen molar-refractivity contribution >= 4 is 0 Å². The molecule has 0 fully saturated rings. The average Bonchev–Trinajstić information content (AvgIpc) is 2.64. The molecule has 1 atom stereocenters.